The molecule has 0 atom stereocenters. The van der Waals surface area contributed by atoms with Crippen molar-refractivity contribution in [3.05, 3.63) is 57.5 Å². The zero-order chi connectivity index (χ0) is 20.2. The van der Waals surface area contributed by atoms with E-state index >= 15 is 0 Å². The molecule has 0 radical (unpaired) electrons. The highest BCUT2D eigenvalue weighted by Gasteiger charge is 2.23. The van der Waals surface area contributed by atoms with E-state index in [9.17, 15) is 4.79 Å². The van der Waals surface area contributed by atoms with Gasteiger partial charge in [-0.25, -0.2) is 4.98 Å². The van der Waals surface area contributed by atoms with E-state index in [4.69, 9.17) is 21.3 Å². The summed E-state index contributed by atoms with van der Waals surface area (Å²) in [4.78, 5) is 22.3. The Morgan fingerprint density at radius 1 is 1.24 bits per heavy atom. The van der Waals surface area contributed by atoms with Crippen molar-refractivity contribution in [1.29, 1.82) is 0 Å². The largest absolute Gasteiger partial charge is 0.379 e. The van der Waals surface area contributed by atoms with E-state index in [0.29, 0.717) is 22.3 Å². The number of carbonyl (C=O) groups is 1. The molecule has 2 aromatic carbocycles. The highest BCUT2D eigenvalue weighted by molar-refractivity contribution is 9.10. The second-order valence-corrected chi connectivity index (χ2v) is 9.15. The van der Waals surface area contributed by atoms with E-state index in [1.165, 1.54) is 11.3 Å². The monoisotopic (exact) mass is 493 g/mol. The summed E-state index contributed by atoms with van der Waals surface area (Å²) < 4.78 is 7.18. The minimum Gasteiger partial charge on any atom is -0.379 e. The molecule has 3 aromatic rings. The summed E-state index contributed by atoms with van der Waals surface area (Å²) in [5, 5.41) is 1.37. The number of rotatable bonds is 6. The second-order valence-electron chi connectivity index (χ2n) is 6.85. The van der Waals surface area contributed by atoms with Gasteiger partial charge in [0.15, 0.2) is 5.13 Å². The average Bonchev–Trinajstić information content (AvgIpc) is 3.14. The molecule has 1 fully saturated rings. The number of hydrogen-bond acceptors (Lipinski definition) is 5. The number of thiazole rings is 1. The number of hydrogen-bond donors (Lipinski definition) is 0. The fourth-order valence-electron chi connectivity index (χ4n) is 3.34. The molecule has 0 bridgehead atoms. The number of benzene rings is 2. The molecule has 5 nitrogen and oxygen atoms in total. The SMILES string of the molecule is O=C(c1ccccc1Br)N(CCCN1CCOCC1)c1nc2ccc(Cl)cc2s1. The van der Waals surface area contributed by atoms with Gasteiger partial charge >= 0.3 is 0 Å². The third-order valence-corrected chi connectivity index (χ3v) is 6.85. The molecule has 1 aliphatic heterocycles. The molecule has 4 rings (SSSR count). The van der Waals surface area contributed by atoms with Crippen molar-refractivity contribution in [2.24, 2.45) is 0 Å². The van der Waals surface area contributed by atoms with Crippen LogP contribution in [0.1, 0.15) is 16.8 Å². The number of amides is 1. The lowest BCUT2D eigenvalue weighted by Gasteiger charge is -2.27. The number of morpholine rings is 1. The summed E-state index contributed by atoms with van der Waals surface area (Å²) in [5.41, 5.74) is 1.49. The number of ether oxygens (including phenoxy) is 1. The summed E-state index contributed by atoms with van der Waals surface area (Å²) >= 11 is 11.1. The van der Waals surface area contributed by atoms with Crippen molar-refractivity contribution in [2.45, 2.75) is 6.42 Å². The van der Waals surface area contributed by atoms with Gasteiger partial charge in [0.2, 0.25) is 0 Å². The van der Waals surface area contributed by atoms with Crippen LogP contribution in [0.4, 0.5) is 5.13 Å². The molecule has 29 heavy (non-hydrogen) atoms. The zero-order valence-electron chi connectivity index (χ0n) is 15.8. The molecule has 0 N–H and O–H groups in total. The van der Waals surface area contributed by atoms with Gasteiger partial charge in [0.05, 0.1) is 29.0 Å². The van der Waals surface area contributed by atoms with Crippen LogP contribution in [0, 0.1) is 0 Å². The Bertz CT molecular complexity index is 1010. The number of nitrogens with zero attached hydrogens (tertiary/aromatic N) is 3. The minimum absolute atomic E-state index is 0.0513. The van der Waals surface area contributed by atoms with E-state index < -0.39 is 0 Å². The first-order chi connectivity index (χ1) is 14.1. The highest BCUT2D eigenvalue weighted by atomic mass is 79.9. The molecule has 1 saturated heterocycles. The van der Waals surface area contributed by atoms with Gasteiger partial charge in [0, 0.05) is 35.7 Å². The third kappa shape index (κ3) is 4.98. The van der Waals surface area contributed by atoms with Crippen LogP contribution in [0.5, 0.6) is 0 Å². The first kappa shape index (κ1) is 20.8. The van der Waals surface area contributed by atoms with E-state index in [1.807, 2.05) is 42.5 Å². The van der Waals surface area contributed by atoms with Crippen LogP contribution < -0.4 is 4.90 Å². The molecule has 1 amide bonds. The quantitative estimate of drug-likeness (QED) is 0.479. The van der Waals surface area contributed by atoms with Crippen LogP contribution in [0.2, 0.25) is 5.02 Å². The fourth-order valence-corrected chi connectivity index (χ4v) is 5.06. The molecular formula is C21H21BrClN3O2S. The van der Waals surface area contributed by atoms with Gasteiger partial charge in [-0.2, -0.15) is 0 Å². The lowest BCUT2D eigenvalue weighted by molar-refractivity contribution is 0.0376. The molecule has 8 heteroatoms. The molecular weight excluding hydrogens is 474 g/mol. The van der Waals surface area contributed by atoms with Crippen LogP contribution in [0.3, 0.4) is 0 Å². The maximum atomic E-state index is 13.4. The summed E-state index contributed by atoms with van der Waals surface area (Å²) in [6.07, 6.45) is 0.868. The second kappa shape index (κ2) is 9.53. The Kier molecular flexibility index (Phi) is 6.82. The summed E-state index contributed by atoms with van der Waals surface area (Å²) in [7, 11) is 0. The van der Waals surface area contributed by atoms with Crippen molar-refractivity contribution in [2.75, 3.05) is 44.3 Å². The van der Waals surface area contributed by atoms with Crippen molar-refractivity contribution >= 4 is 60.1 Å². The molecule has 152 valence electrons. The highest BCUT2D eigenvalue weighted by Crippen LogP contribution is 2.32. The first-order valence-corrected chi connectivity index (χ1v) is 11.5. The number of carbonyl (C=O) groups excluding carboxylic acids is 1. The number of anilines is 1. The van der Waals surface area contributed by atoms with E-state index in [1.54, 1.807) is 4.90 Å². The Morgan fingerprint density at radius 3 is 2.83 bits per heavy atom. The van der Waals surface area contributed by atoms with Gasteiger partial charge in [0.25, 0.3) is 5.91 Å². The summed E-state index contributed by atoms with van der Waals surface area (Å²) in [6, 6.07) is 13.1. The standard InChI is InChI=1S/C21H21BrClN3O2S/c22-17-5-2-1-4-16(17)20(27)26(9-3-8-25-10-12-28-13-11-25)21-24-18-7-6-15(23)14-19(18)29-21/h1-2,4-7,14H,3,8-13H2. The molecule has 0 unspecified atom stereocenters. The maximum Gasteiger partial charge on any atom is 0.261 e. The van der Waals surface area contributed by atoms with Crippen molar-refractivity contribution in [3.8, 4) is 0 Å². The van der Waals surface area contributed by atoms with Crippen LogP contribution in [0.25, 0.3) is 10.2 Å². The summed E-state index contributed by atoms with van der Waals surface area (Å²) in [5.74, 6) is -0.0513. The van der Waals surface area contributed by atoms with Crippen LogP contribution in [-0.2, 0) is 4.74 Å². The predicted molar refractivity (Wildman–Crippen MR) is 122 cm³/mol. The molecule has 0 spiro atoms. The molecule has 2 heterocycles. The molecule has 1 aliphatic rings. The Labute approximate surface area is 187 Å². The van der Waals surface area contributed by atoms with Gasteiger partial charge in [-0.3, -0.25) is 14.6 Å². The topological polar surface area (TPSA) is 45.7 Å². The van der Waals surface area contributed by atoms with Gasteiger partial charge in [-0.15, -0.1) is 0 Å². The van der Waals surface area contributed by atoms with Crippen molar-refractivity contribution in [3.63, 3.8) is 0 Å². The van der Waals surface area contributed by atoms with Gasteiger partial charge in [-0.05, 0) is 52.7 Å². The zero-order valence-corrected chi connectivity index (χ0v) is 19.0. The van der Waals surface area contributed by atoms with Gasteiger partial charge in [-0.1, -0.05) is 35.1 Å². The van der Waals surface area contributed by atoms with E-state index in [2.05, 4.69) is 20.8 Å². The van der Waals surface area contributed by atoms with E-state index in [0.717, 1.165) is 54.0 Å². The predicted octanol–water partition coefficient (Wildman–Crippen LogP) is 5.08. The maximum absolute atomic E-state index is 13.4. The smallest absolute Gasteiger partial charge is 0.261 e. The number of halogens is 2. The number of aromatic nitrogens is 1. The molecule has 0 aliphatic carbocycles. The molecule has 0 saturated carbocycles. The van der Waals surface area contributed by atoms with Crippen molar-refractivity contribution in [1.82, 2.24) is 9.88 Å². The third-order valence-electron chi connectivity index (χ3n) is 4.88. The van der Waals surface area contributed by atoms with Gasteiger partial charge in [0.1, 0.15) is 0 Å². The first-order valence-electron chi connectivity index (χ1n) is 9.54. The van der Waals surface area contributed by atoms with Crippen LogP contribution in [-0.4, -0.2) is 55.2 Å². The minimum atomic E-state index is -0.0513. The fraction of sp³-hybridized carbons (Fsp3) is 0.333. The average molecular weight is 495 g/mol. The number of fused-ring (bicyclic) bond motifs is 1. The van der Waals surface area contributed by atoms with E-state index in [-0.39, 0.29) is 5.91 Å². The lowest BCUT2D eigenvalue weighted by atomic mass is 10.2. The Hall–Kier alpha value is -1.51. The Balaban J connectivity index is 1.58. The van der Waals surface area contributed by atoms with Gasteiger partial charge < -0.3 is 4.74 Å². The Morgan fingerprint density at radius 2 is 2.03 bits per heavy atom. The lowest BCUT2D eigenvalue weighted by Crippen LogP contribution is -2.39. The molecule has 1 aromatic heterocycles. The normalized spacial score (nSPS) is 15.0. The van der Waals surface area contributed by atoms with Crippen LogP contribution in [0.15, 0.2) is 46.9 Å². The van der Waals surface area contributed by atoms with Crippen LogP contribution >= 0.6 is 38.9 Å². The summed E-state index contributed by atoms with van der Waals surface area (Å²) in [6.45, 7) is 4.97. The van der Waals surface area contributed by atoms with Crippen molar-refractivity contribution < 1.29 is 9.53 Å².